The van der Waals surface area contributed by atoms with Crippen molar-refractivity contribution in [2.45, 2.75) is 58.1 Å². The Hall–Kier alpha value is -1.65. The molecule has 2 atom stereocenters. The van der Waals surface area contributed by atoms with Crippen LogP contribution in [-0.2, 0) is 0 Å². The number of unbranched alkanes of at least 4 members (excludes halogenated alkanes) is 1. The lowest BCUT2D eigenvalue weighted by molar-refractivity contribution is 0.0250. The van der Waals surface area contributed by atoms with Gasteiger partial charge in [0.05, 0.1) is 18.2 Å². The zero-order valence-corrected chi connectivity index (χ0v) is 15.4. The summed E-state index contributed by atoms with van der Waals surface area (Å²) in [4.78, 5) is 6.94. The molecule has 0 radical (unpaired) electrons. The van der Waals surface area contributed by atoms with Crippen LogP contribution in [0, 0.1) is 0 Å². The number of likely N-dealkylation sites (tertiary alicyclic amines) is 1. The average molecular weight is 342 g/mol. The number of rotatable bonds is 7. The third-order valence-electron chi connectivity index (χ3n) is 5.20. The van der Waals surface area contributed by atoms with Crippen molar-refractivity contribution < 1.29 is 9.84 Å². The second-order valence-electron chi connectivity index (χ2n) is 6.91. The lowest BCUT2D eigenvalue weighted by Gasteiger charge is -2.38. The van der Waals surface area contributed by atoms with E-state index in [0.717, 1.165) is 41.7 Å². The molecule has 136 valence electrons. The summed E-state index contributed by atoms with van der Waals surface area (Å²) in [6.45, 7) is 7.01. The fraction of sp³-hybridized carbons (Fsp3) is 0.571. The maximum absolute atomic E-state index is 11.2. The average Bonchev–Trinajstić information content (AvgIpc) is 2.66. The molecule has 2 aromatic rings. The molecule has 0 aliphatic carbocycles. The molecule has 1 aliphatic heterocycles. The van der Waals surface area contributed by atoms with Crippen molar-refractivity contribution >= 4 is 10.9 Å². The summed E-state index contributed by atoms with van der Waals surface area (Å²) in [6, 6.07) is 8.11. The quantitative estimate of drug-likeness (QED) is 0.814. The highest BCUT2D eigenvalue weighted by Gasteiger charge is 2.30. The van der Waals surface area contributed by atoms with E-state index in [-0.39, 0.29) is 6.04 Å². The minimum absolute atomic E-state index is 0.196. The highest BCUT2D eigenvalue weighted by atomic mass is 16.5. The van der Waals surface area contributed by atoms with E-state index >= 15 is 0 Å². The van der Waals surface area contributed by atoms with E-state index in [0.29, 0.717) is 6.61 Å². The van der Waals surface area contributed by atoms with Gasteiger partial charge in [-0.2, -0.15) is 0 Å². The van der Waals surface area contributed by atoms with Gasteiger partial charge in [0.2, 0.25) is 0 Å². The number of pyridine rings is 1. The lowest BCUT2D eigenvalue weighted by Crippen LogP contribution is -2.43. The van der Waals surface area contributed by atoms with Gasteiger partial charge < -0.3 is 9.84 Å². The molecule has 4 heteroatoms. The maximum atomic E-state index is 11.2. The number of aliphatic hydroxyl groups excluding tert-OH is 1. The number of fused-ring (bicyclic) bond motifs is 1. The Labute approximate surface area is 150 Å². The molecule has 0 spiro atoms. The summed E-state index contributed by atoms with van der Waals surface area (Å²) in [5.41, 5.74) is 1.89. The second kappa shape index (κ2) is 8.63. The van der Waals surface area contributed by atoms with E-state index in [1.807, 2.05) is 31.2 Å². The highest BCUT2D eigenvalue weighted by molar-refractivity contribution is 5.83. The van der Waals surface area contributed by atoms with Crippen molar-refractivity contribution in [3.8, 4) is 5.75 Å². The summed E-state index contributed by atoms with van der Waals surface area (Å²) < 4.78 is 5.65. The van der Waals surface area contributed by atoms with Crippen molar-refractivity contribution in [1.29, 1.82) is 0 Å². The van der Waals surface area contributed by atoms with Gasteiger partial charge in [-0.3, -0.25) is 9.88 Å². The molecular formula is C21H30N2O2. The van der Waals surface area contributed by atoms with E-state index in [1.54, 1.807) is 6.20 Å². The van der Waals surface area contributed by atoms with Crippen LogP contribution in [0.2, 0.25) is 0 Å². The van der Waals surface area contributed by atoms with Gasteiger partial charge in [-0.15, -0.1) is 0 Å². The fourth-order valence-corrected chi connectivity index (χ4v) is 3.88. The van der Waals surface area contributed by atoms with Crippen LogP contribution in [0.4, 0.5) is 0 Å². The van der Waals surface area contributed by atoms with Crippen molar-refractivity contribution in [2.75, 3.05) is 19.7 Å². The maximum Gasteiger partial charge on any atom is 0.120 e. The van der Waals surface area contributed by atoms with Crippen LogP contribution in [0.5, 0.6) is 5.75 Å². The third kappa shape index (κ3) is 4.13. The van der Waals surface area contributed by atoms with Gasteiger partial charge in [0.15, 0.2) is 0 Å². The summed E-state index contributed by atoms with van der Waals surface area (Å²) in [5.74, 6) is 0.836. The molecule has 4 nitrogen and oxygen atoms in total. The number of ether oxygens (including phenoxy) is 1. The number of aromatic nitrogens is 1. The summed E-state index contributed by atoms with van der Waals surface area (Å²) >= 11 is 0. The van der Waals surface area contributed by atoms with Gasteiger partial charge in [-0.25, -0.2) is 0 Å². The van der Waals surface area contributed by atoms with E-state index < -0.39 is 6.10 Å². The first-order valence-corrected chi connectivity index (χ1v) is 9.68. The number of nitrogens with zero attached hydrogens (tertiary/aromatic N) is 2. The number of piperidine rings is 1. The first kappa shape index (κ1) is 18.2. The zero-order valence-electron chi connectivity index (χ0n) is 15.4. The Balaban J connectivity index is 1.91. The number of aliphatic hydroxyl groups is 1. The lowest BCUT2D eigenvalue weighted by atomic mass is 9.91. The van der Waals surface area contributed by atoms with Crippen LogP contribution in [0.1, 0.15) is 57.6 Å². The first-order chi connectivity index (χ1) is 12.2. The molecule has 1 N–H and O–H groups in total. The molecule has 1 aromatic heterocycles. The van der Waals surface area contributed by atoms with Crippen molar-refractivity contribution in [3.05, 3.63) is 36.0 Å². The predicted octanol–water partition coefficient (Wildman–Crippen LogP) is 4.32. The fourth-order valence-electron chi connectivity index (χ4n) is 3.88. The Morgan fingerprint density at radius 3 is 2.96 bits per heavy atom. The molecule has 2 heterocycles. The van der Waals surface area contributed by atoms with Gasteiger partial charge in [0.1, 0.15) is 5.75 Å². The minimum atomic E-state index is -0.487. The Kier molecular flexibility index (Phi) is 6.27. The Morgan fingerprint density at radius 2 is 2.16 bits per heavy atom. The second-order valence-corrected chi connectivity index (χ2v) is 6.91. The molecule has 1 aromatic carbocycles. The molecule has 25 heavy (non-hydrogen) atoms. The molecule has 0 unspecified atom stereocenters. The smallest absolute Gasteiger partial charge is 0.120 e. The Bertz CT molecular complexity index is 689. The van der Waals surface area contributed by atoms with Gasteiger partial charge >= 0.3 is 0 Å². The SMILES string of the molecule is CCCCN1CCCC[C@H]1[C@@H](O)c1ccnc2ccc(OCC)cc12. The molecule has 1 fully saturated rings. The van der Waals surface area contributed by atoms with Gasteiger partial charge in [0.25, 0.3) is 0 Å². The summed E-state index contributed by atoms with van der Waals surface area (Å²) in [6.07, 6.45) is 7.18. The van der Waals surface area contributed by atoms with Crippen LogP contribution in [-0.4, -0.2) is 40.7 Å². The van der Waals surface area contributed by atoms with E-state index in [9.17, 15) is 5.11 Å². The predicted molar refractivity (Wildman–Crippen MR) is 102 cm³/mol. The minimum Gasteiger partial charge on any atom is -0.494 e. The molecule has 0 amide bonds. The number of hydrogen-bond donors (Lipinski definition) is 1. The van der Waals surface area contributed by atoms with Crippen LogP contribution in [0.3, 0.4) is 0 Å². The molecule has 3 rings (SSSR count). The molecule has 0 saturated carbocycles. The van der Waals surface area contributed by atoms with Gasteiger partial charge in [0, 0.05) is 17.6 Å². The monoisotopic (exact) mass is 342 g/mol. The standard InChI is InChI=1S/C21H30N2O2/c1-3-5-13-23-14-7-6-8-20(23)21(24)17-11-12-22-19-10-9-16(25-4-2)15-18(17)19/h9-12,15,20-21,24H,3-8,13-14H2,1-2H3/t20-,21-/m0/s1. The van der Waals surface area contributed by atoms with E-state index in [4.69, 9.17) is 4.74 Å². The molecular weight excluding hydrogens is 312 g/mol. The van der Waals surface area contributed by atoms with Gasteiger partial charge in [-0.05, 0) is 69.1 Å². The topological polar surface area (TPSA) is 45.6 Å². The van der Waals surface area contributed by atoms with E-state index in [2.05, 4.69) is 16.8 Å². The normalized spacial score (nSPS) is 19.9. The van der Waals surface area contributed by atoms with Crippen molar-refractivity contribution in [3.63, 3.8) is 0 Å². The van der Waals surface area contributed by atoms with Crippen LogP contribution in [0.25, 0.3) is 10.9 Å². The number of hydrogen-bond acceptors (Lipinski definition) is 4. The molecule has 1 saturated heterocycles. The van der Waals surface area contributed by atoms with Crippen molar-refractivity contribution in [2.24, 2.45) is 0 Å². The van der Waals surface area contributed by atoms with E-state index in [1.165, 1.54) is 25.7 Å². The van der Waals surface area contributed by atoms with Crippen LogP contribution < -0.4 is 4.74 Å². The number of benzene rings is 1. The summed E-state index contributed by atoms with van der Waals surface area (Å²) in [7, 11) is 0. The Morgan fingerprint density at radius 1 is 1.28 bits per heavy atom. The van der Waals surface area contributed by atoms with Crippen molar-refractivity contribution in [1.82, 2.24) is 9.88 Å². The zero-order chi connectivity index (χ0) is 17.6. The van der Waals surface area contributed by atoms with Gasteiger partial charge in [-0.1, -0.05) is 19.8 Å². The first-order valence-electron chi connectivity index (χ1n) is 9.68. The molecule has 0 bridgehead atoms. The summed E-state index contributed by atoms with van der Waals surface area (Å²) in [5, 5.41) is 12.2. The molecule has 1 aliphatic rings. The third-order valence-corrected chi connectivity index (χ3v) is 5.20. The largest absolute Gasteiger partial charge is 0.494 e. The van der Waals surface area contributed by atoms with Crippen LogP contribution in [0.15, 0.2) is 30.5 Å². The highest BCUT2D eigenvalue weighted by Crippen LogP contribution is 2.33. The van der Waals surface area contributed by atoms with Crippen LogP contribution >= 0.6 is 0 Å².